The first-order valence-electron chi connectivity index (χ1n) is 4.55. The monoisotopic (exact) mass is 157 g/mol. The van der Waals surface area contributed by atoms with Gasteiger partial charge in [0.05, 0.1) is 6.10 Å². The van der Waals surface area contributed by atoms with Crippen molar-refractivity contribution in [1.82, 2.24) is 5.32 Å². The Bertz CT molecular complexity index is 125. The van der Waals surface area contributed by atoms with Crippen LogP contribution < -0.4 is 5.32 Å². The van der Waals surface area contributed by atoms with Gasteiger partial charge in [-0.2, -0.15) is 0 Å². The van der Waals surface area contributed by atoms with E-state index >= 15 is 0 Å². The first-order valence-corrected chi connectivity index (χ1v) is 4.55. The van der Waals surface area contributed by atoms with Gasteiger partial charge in [-0.15, -0.1) is 0 Å². The molecule has 0 unspecified atom stereocenters. The Morgan fingerprint density at radius 3 is 2.36 bits per heavy atom. The Morgan fingerprint density at radius 2 is 2.00 bits per heavy atom. The summed E-state index contributed by atoms with van der Waals surface area (Å²) in [7, 11) is 0. The summed E-state index contributed by atoms with van der Waals surface area (Å²) in [6, 6.07) is 0.824. The van der Waals surface area contributed by atoms with Crippen LogP contribution in [-0.4, -0.2) is 23.3 Å². The van der Waals surface area contributed by atoms with E-state index in [-0.39, 0.29) is 6.10 Å². The van der Waals surface area contributed by atoms with E-state index in [1.165, 1.54) is 0 Å². The molecule has 1 aliphatic carbocycles. The van der Waals surface area contributed by atoms with Crippen molar-refractivity contribution in [2.75, 3.05) is 0 Å². The van der Waals surface area contributed by atoms with Gasteiger partial charge in [0.25, 0.3) is 0 Å². The normalized spacial score (nSPS) is 38.5. The third-order valence-electron chi connectivity index (χ3n) is 2.48. The van der Waals surface area contributed by atoms with Crippen molar-refractivity contribution in [2.45, 2.75) is 51.8 Å². The Morgan fingerprint density at radius 1 is 1.36 bits per heavy atom. The third-order valence-corrected chi connectivity index (χ3v) is 2.48. The Labute approximate surface area is 69.0 Å². The number of aliphatic hydroxyl groups excluding tert-OH is 1. The van der Waals surface area contributed by atoms with Gasteiger partial charge in [-0.3, -0.25) is 0 Å². The zero-order chi connectivity index (χ0) is 8.43. The molecule has 0 aromatic carbocycles. The van der Waals surface area contributed by atoms with Crippen molar-refractivity contribution in [3.63, 3.8) is 0 Å². The van der Waals surface area contributed by atoms with Crippen LogP contribution in [0.3, 0.4) is 0 Å². The van der Waals surface area contributed by atoms with E-state index in [2.05, 4.69) is 26.1 Å². The second-order valence-corrected chi connectivity index (χ2v) is 3.97. The average Bonchev–Trinajstić information content (AvgIpc) is 2.18. The summed E-state index contributed by atoms with van der Waals surface area (Å²) in [4.78, 5) is 0. The summed E-state index contributed by atoms with van der Waals surface area (Å²) in [5.41, 5.74) is 0. The number of aliphatic hydroxyl groups is 1. The van der Waals surface area contributed by atoms with Gasteiger partial charge in [0.2, 0.25) is 0 Å². The van der Waals surface area contributed by atoms with E-state index in [9.17, 15) is 5.11 Å². The van der Waals surface area contributed by atoms with Crippen molar-refractivity contribution in [2.24, 2.45) is 5.92 Å². The van der Waals surface area contributed by atoms with Crippen LogP contribution in [0.15, 0.2) is 0 Å². The van der Waals surface area contributed by atoms with Crippen LogP contribution in [0.1, 0.15) is 33.6 Å². The van der Waals surface area contributed by atoms with Gasteiger partial charge >= 0.3 is 0 Å². The standard InChI is InChI=1S/C9H19NO/c1-6(2)10-8-5-4-7(3)9(8)11/h6-11H,4-5H2,1-3H3/t7-,8-,9-/m0/s1. The molecule has 1 saturated carbocycles. The molecule has 0 aliphatic heterocycles. The summed E-state index contributed by atoms with van der Waals surface area (Å²) in [5, 5.41) is 13.0. The van der Waals surface area contributed by atoms with Gasteiger partial charge in [0.1, 0.15) is 0 Å². The molecule has 3 atom stereocenters. The lowest BCUT2D eigenvalue weighted by Crippen LogP contribution is -2.41. The van der Waals surface area contributed by atoms with Crippen LogP contribution in [0.2, 0.25) is 0 Å². The molecule has 0 bridgehead atoms. The molecule has 0 aromatic heterocycles. The van der Waals surface area contributed by atoms with E-state index in [0.29, 0.717) is 18.0 Å². The molecule has 0 spiro atoms. The first kappa shape index (κ1) is 9.01. The van der Waals surface area contributed by atoms with Crippen molar-refractivity contribution in [3.05, 3.63) is 0 Å². The maximum atomic E-state index is 9.64. The predicted octanol–water partition coefficient (Wildman–Crippen LogP) is 1.14. The minimum absolute atomic E-state index is 0.127. The average molecular weight is 157 g/mol. The highest BCUT2D eigenvalue weighted by Gasteiger charge is 2.31. The smallest absolute Gasteiger partial charge is 0.0718 e. The van der Waals surface area contributed by atoms with E-state index < -0.39 is 0 Å². The van der Waals surface area contributed by atoms with Crippen LogP contribution in [0, 0.1) is 5.92 Å². The van der Waals surface area contributed by atoms with Crippen molar-refractivity contribution < 1.29 is 5.11 Å². The first-order chi connectivity index (χ1) is 5.11. The van der Waals surface area contributed by atoms with Crippen molar-refractivity contribution >= 4 is 0 Å². The fourth-order valence-corrected chi connectivity index (χ4v) is 1.79. The molecule has 0 radical (unpaired) electrons. The lowest BCUT2D eigenvalue weighted by atomic mass is 10.1. The van der Waals surface area contributed by atoms with Gasteiger partial charge < -0.3 is 10.4 Å². The van der Waals surface area contributed by atoms with Crippen LogP contribution in [0.4, 0.5) is 0 Å². The highest BCUT2D eigenvalue weighted by Crippen LogP contribution is 2.25. The maximum absolute atomic E-state index is 9.64. The highest BCUT2D eigenvalue weighted by molar-refractivity contribution is 4.87. The summed E-state index contributed by atoms with van der Waals surface area (Å²) < 4.78 is 0. The fourth-order valence-electron chi connectivity index (χ4n) is 1.79. The third kappa shape index (κ3) is 2.17. The fraction of sp³-hybridized carbons (Fsp3) is 1.00. The summed E-state index contributed by atoms with van der Waals surface area (Å²) in [6.45, 7) is 6.36. The highest BCUT2D eigenvalue weighted by atomic mass is 16.3. The minimum Gasteiger partial charge on any atom is -0.391 e. The Kier molecular flexibility index (Phi) is 2.90. The van der Waals surface area contributed by atoms with Gasteiger partial charge in [0.15, 0.2) is 0 Å². The summed E-state index contributed by atoms with van der Waals surface area (Å²) in [5.74, 6) is 0.478. The molecule has 1 aliphatic rings. The molecule has 0 aromatic rings. The molecule has 0 heterocycles. The molecule has 1 fully saturated rings. The molecule has 11 heavy (non-hydrogen) atoms. The predicted molar refractivity (Wildman–Crippen MR) is 46.5 cm³/mol. The molecule has 1 rings (SSSR count). The van der Waals surface area contributed by atoms with Gasteiger partial charge in [-0.1, -0.05) is 20.8 Å². The van der Waals surface area contributed by atoms with Gasteiger partial charge in [0, 0.05) is 12.1 Å². The lowest BCUT2D eigenvalue weighted by Gasteiger charge is -2.20. The largest absolute Gasteiger partial charge is 0.391 e. The maximum Gasteiger partial charge on any atom is 0.0718 e. The van der Waals surface area contributed by atoms with Crippen LogP contribution in [0.5, 0.6) is 0 Å². The Hall–Kier alpha value is -0.0800. The molecule has 2 nitrogen and oxygen atoms in total. The summed E-state index contributed by atoms with van der Waals surface area (Å²) >= 11 is 0. The molecule has 0 amide bonds. The minimum atomic E-state index is -0.127. The molecule has 2 heteroatoms. The number of hydrogen-bond acceptors (Lipinski definition) is 2. The van der Waals surface area contributed by atoms with Crippen molar-refractivity contribution in [3.8, 4) is 0 Å². The number of rotatable bonds is 2. The van der Waals surface area contributed by atoms with E-state index in [4.69, 9.17) is 0 Å². The molecule has 0 saturated heterocycles. The molecular formula is C9H19NO. The second-order valence-electron chi connectivity index (χ2n) is 3.97. The molecule has 2 N–H and O–H groups in total. The zero-order valence-electron chi connectivity index (χ0n) is 7.67. The Balaban J connectivity index is 2.36. The van der Waals surface area contributed by atoms with Crippen LogP contribution in [0.25, 0.3) is 0 Å². The summed E-state index contributed by atoms with van der Waals surface area (Å²) in [6.07, 6.45) is 2.16. The number of nitrogens with one attached hydrogen (secondary N) is 1. The lowest BCUT2D eigenvalue weighted by molar-refractivity contribution is 0.110. The second kappa shape index (κ2) is 3.55. The van der Waals surface area contributed by atoms with E-state index in [1.54, 1.807) is 0 Å². The van der Waals surface area contributed by atoms with Gasteiger partial charge in [-0.25, -0.2) is 0 Å². The quantitative estimate of drug-likeness (QED) is 0.630. The van der Waals surface area contributed by atoms with Crippen molar-refractivity contribution in [1.29, 1.82) is 0 Å². The van der Waals surface area contributed by atoms with E-state index in [0.717, 1.165) is 12.8 Å². The molecule has 66 valence electrons. The van der Waals surface area contributed by atoms with Crippen LogP contribution >= 0.6 is 0 Å². The van der Waals surface area contributed by atoms with E-state index in [1.807, 2.05) is 0 Å². The number of hydrogen-bond donors (Lipinski definition) is 2. The topological polar surface area (TPSA) is 32.3 Å². The van der Waals surface area contributed by atoms with Gasteiger partial charge in [-0.05, 0) is 18.8 Å². The molecular weight excluding hydrogens is 138 g/mol. The zero-order valence-corrected chi connectivity index (χ0v) is 7.67. The SMILES string of the molecule is CC(C)N[C@H]1CC[C@H](C)[C@@H]1O. The van der Waals surface area contributed by atoms with Crippen LogP contribution in [-0.2, 0) is 0 Å².